The van der Waals surface area contributed by atoms with E-state index >= 15 is 0 Å². The Morgan fingerprint density at radius 3 is 2.78 bits per heavy atom. The van der Waals surface area contributed by atoms with Crippen LogP contribution in [0, 0.1) is 0 Å². The lowest BCUT2D eigenvalue weighted by atomic mass is 10.1. The lowest BCUT2D eigenvalue weighted by Gasteiger charge is -2.10. The van der Waals surface area contributed by atoms with Crippen LogP contribution in [-0.2, 0) is 0 Å². The number of carbonyl (C=O) groups excluding carboxylic acids is 1. The second kappa shape index (κ2) is 5.78. The third-order valence-electron chi connectivity index (χ3n) is 2.81. The van der Waals surface area contributed by atoms with Gasteiger partial charge in [-0.05, 0) is 18.9 Å². The maximum absolute atomic E-state index is 12.1. The SMILES string of the molecule is CCC(C)NC(=O)c1ncsc1-c1ccccc1. The van der Waals surface area contributed by atoms with Gasteiger partial charge < -0.3 is 5.32 Å². The maximum Gasteiger partial charge on any atom is 0.271 e. The van der Waals surface area contributed by atoms with Crippen LogP contribution in [0.5, 0.6) is 0 Å². The third-order valence-corrected chi connectivity index (χ3v) is 3.68. The largest absolute Gasteiger partial charge is 0.348 e. The number of nitrogens with one attached hydrogen (secondary N) is 1. The number of nitrogens with zero attached hydrogens (tertiary/aromatic N) is 1. The molecule has 0 radical (unpaired) electrons. The summed E-state index contributed by atoms with van der Waals surface area (Å²) in [5.74, 6) is -0.0931. The molecule has 0 spiro atoms. The molecule has 0 aliphatic carbocycles. The van der Waals surface area contributed by atoms with E-state index in [1.165, 1.54) is 11.3 Å². The minimum absolute atomic E-state index is 0.0931. The Bertz CT molecular complexity index is 522. The first-order valence-corrected chi connectivity index (χ1v) is 6.90. The fourth-order valence-corrected chi connectivity index (χ4v) is 2.39. The number of rotatable bonds is 4. The molecule has 0 aliphatic heterocycles. The Morgan fingerprint density at radius 1 is 1.39 bits per heavy atom. The van der Waals surface area contributed by atoms with Crippen molar-refractivity contribution in [3.63, 3.8) is 0 Å². The highest BCUT2D eigenvalue weighted by molar-refractivity contribution is 7.13. The van der Waals surface area contributed by atoms with Crippen LogP contribution in [0.4, 0.5) is 0 Å². The normalized spacial score (nSPS) is 12.1. The Labute approximate surface area is 111 Å². The Kier molecular flexibility index (Phi) is 4.10. The average Bonchev–Trinajstić information content (AvgIpc) is 2.88. The molecule has 0 aliphatic rings. The van der Waals surface area contributed by atoms with Crippen molar-refractivity contribution in [2.24, 2.45) is 0 Å². The van der Waals surface area contributed by atoms with Gasteiger partial charge in [0.2, 0.25) is 0 Å². The van der Waals surface area contributed by atoms with E-state index < -0.39 is 0 Å². The molecule has 1 atom stereocenters. The van der Waals surface area contributed by atoms with Gasteiger partial charge in [-0.3, -0.25) is 4.79 Å². The van der Waals surface area contributed by atoms with Gasteiger partial charge in [0.05, 0.1) is 10.4 Å². The van der Waals surface area contributed by atoms with Crippen LogP contribution in [-0.4, -0.2) is 16.9 Å². The van der Waals surface area contributed by atoms with Crippen molar-refractivity contribution in [3.8, 4) is 10.4 Å². The van der Waals surface area contributed by atoms with Crippen molar-refractivity contribution in [3.05, 3.63) is 41.5 Å². The van der Waals surface area contributed by atoms with Crippen LogP contribution < -0.4 is 5.32 Å². The molecule has 1 amide bonds. The van der Waals surface area contributed by atoms with Crippen molar-refractivity contribution in [2.45, 2.75) is 26.3 Å². The summed E-state index contributed by atoms with van der Waals surface area (Å²) in [5.41, 5.74) is 3.27. The number of hydrogen-bond acceptors (Lipinski definition) is 3. The van der Waals surface area contributed by atoms with E-state index in [-0.39, 0.29) is 11.9 Å². The predicted molar refractivity (Wildman–Crippen MR) is 74.8 cm³/mol. The standard InChI is InChI=1S/C14H16N2OS/c1-3-10(2)16-14(17)12-13(18-9-15-12)11-7-5-4-6-8-11/h4-10H,3H2,1-2H3,(H,16,17). The van der Waals surface area contributed by atoms with E-state index in [2.05, 4.69) is 10.3 Å². The van der Waals surface area contributed by atoms with Gasteiger partial charge in [-0.2, -0.15) is 0 Å². The molecule has 0 fully saturated rings. The third kappa shape index (κ3) is 2.76. The molecule has 0 saturated carbocycles. The summed E-state index contributed by atoms with van der Waals surface area (Å²) in [6, 6.07) is 10.0. The topological polar surface area (TPSA) is 42.0 Å². The first kappa shape index (κ1) is 12.8. The zero-order chi connectivity index (χ0) is 13.0. The van der Waals surface area contributed by atoms with Crippen LogP contribution >= 0.6 is 11.3 Å². The zero-order valence-corrected chi connectivity index (χ0v) is 11.3. The molecular weight excluding hydrogens is 244 g/mol. The van der Waals surface area contributed by atoms with Crippen molar-refractivity contribution in [1.82, 2.24) is 10.3 Å². The summed E-state index contributed by atoms with van der Waals surface area (Å²) in [5, 5.41) is 2.95. The van der Waals surface area contributed by atoms with Crippen LogP contribution in [0.15, 0.2) is 35.8 Å². The predicted octanol–water partition coefficient (Wildman–Crippen LogP) is 3.34. The summed E-state index contributed by atoms with van der Waals surface area (Å²) >= 11 is 1.49. The fourth-order valence-electron chi connectivity index (χ4n) is 1.60. The first-order chi connectivity index (χ1) is 8.72. The Morgan fingerprint density at radius 2 is 2.11 bits per heavy atom. The molecule has 94 valence electrons. The summed E-state index contributed by atoms with van der Waals surface area (Å²) in [6.45, 7) is 4.04. The highest BCUT2D eigenvalue weighted by atomic mass is 32.1. The van der Waals surface area contributed by atoms with Gasteiger partial charge in [0, 0.05) is 6.04 Å². The fraction of sp³-hybridized carbons (Fsp3) is 0.286. The van der Waals surface area contributed by atoms with Crippen LogP contribution in [0.2, 0.25) is 0 Å². The van der Waals surface area contributed by atoms with Gasteiger partial charge in [-0.25, -0.2) is 4.98 Å². The molecule has 2 aromatic rings. The minimum Gasteiger partial charge on any atom is -0.348 e. The molecule has 18 heavy (non-hydrogen) atoms. The highest BCUT2D eigenvalue weighted by Gasteiger charge is 2.17. The van der Waals surface area contributed by atoms with Crippen molar-refractivity contribution in [1.29, 1.82) is 0 Å². The van der Waals surface area contributed by atoms with E-state index in [9.17, 15) is 4.79 Å². The zero-order valence-electron chi connectivity index (χ0n) is 10.5. The van der Waals surface area contributed by atoms with E-state index in [1.54, 1.807) is 5.51 Å². The second-order valence-electron chi connectivity index (χ2n) is 4.18. The summed E-state index contributed by atoms with van der Waals surface area (Å²) in [6.07, 6.45) is 0.913. The number of amides is 1. The molecule has 1 N–H and O–H groups in total. The average molecular weight is 260 g/mol. The quantitative estimate of drug-likeness (QED) is 0.916. The molecular formula is C14H16N2OS. The lowest BCUT2D eigenvalue weighted by Crippen LogP contribution is -2.32. The molecule has 0 saturated heterocycles. The molecule has 4 heteroatoms. The second-order valence-corrected chi connectivity index (χ2v) is 5.03. The van der Waals surface area contributed by atoms with Crippen molar-refractivity contribution in [2.75, 3.05) is 0 Å². The summed E-state index contributed by atoms with van der Waals surface area (Å²) in [4.78, 5) is 17.2. The van der Waals surface area contributed by atoms with E-state index in [1.807, 2.05) is 44.2 Å². The molecule has 1 unspecified atom stereocenters. The Hall–Kier alpha value is -1.68. The van der Waals surface area contributed by atoms with Gasteiger partial charge in [0.25, 0.3) is 5.91 Å². The molecule has 1 heterocycles. The van der Waals surface area contributed by atoms with E-state index in [0.717, 1.165) is 16.9 Å². The molecule has 2 rings (SSSR count). The van der Waals surface area contributed by atoms with Gasteiger partial charge >= 0.3 is 0 Å². The smallest absolute Gasteiger partial charge is 0.271 e. The van der Waals surface area contributed by atoms with Crippen LogP contribution in [0.3, 0.4) is 0 Å². The van der Waals surface area contributed by atoms with Gasteiger partial charge in [-0.1, -0.05) is 37.3 Å². The van der Waals surface area contributed by atoms with Crippen LogP contribution in [0.1, 0.15) is 30.8 Å². The summed E-state index contributed by atoms with van der Waals surface area (Å²) < 4.78 is 0. The van der Waals surface area contributed by atoms with Gasteiger partial charge in [-0.15, -0.1) is 11.3 Å². The minimum atomic E-state index is -0.0931. The molecule has 1 aromatic heterocycles. The van der Waals surface area contributed by atoms with E-state index in [0.29, 0.717) is 5.69 Å². The molecule has 3 nitrogen and oxygen atoms in total. The maximum atomic E-state index is 12.1. The number of carbonyl (C=O) groups is 1. The number of benzene rings is 1. The highest BCUT2D eigenvalue weighted by Crippen LogP contribution is 2.27. The lowest BCUT2D eigenvalue weighted by molar-refractivity contribution is 0.0935. The Balaban J connectivity index is 2.26. The first-order valence-electron chi connectivity index (χ1n) is 6.02. The monoisotopic (exact) mass is 260 g/mol. The van der Waals surface area contributed by atoms with E-state index in [4.69, 9.17) is 0 Å². The molecule has 1 aromatic carbocycles. The van der Waals surface area contributed by atoms with Gasteiger partial charge in [0.15, 0.2) is 0 Å². The van der Waals surface area contributed by atoms with Crippen molar-refractivity contribution >= 4 is 17.2 Å². The van der Waals surface area contributed by atoms with Crippen molar-refractivity contribution < 1.29 is 4.79 Å². The summed E-state index contributed by atoms with van der Waals surface area (Å²) in [7, 11) is 0. The number of thiazole rings is 1. The van der Waals surface area contributed by atoms with Gasteiger partial charge in [0.1, 0.15) is 5.69 Å². The molecule has 0 bridgehead atoms. The van der Waals surface area contributed by atoms with Crippen LogP contribution in [0.25, 0.3) is 10.4 Å². The number of hydrogen-bond donors (Lipinski definition) is 1. The number of aromatic nitrogens is 1.